The third kappa shape index (κ3) is 18.5. The van der Waals surface area contributed by atoms with E-state index in [1.165, 1.54) is 37.3 Å². The van der Waals surface area contributed by atoms with Crippen molar-refractivity contribution in [3.8, 4) is 0 Å². The van der Waals surface area contributed by atoms with Gasteiger partial charge in [0.25, 0.3) is 0 Å². The molecule has 6 saturated heterocycles. The van der Waals surface area contributed by atoms with Gasteiger partial charge >= 0.3 is 12.2 Å². The number of rotatable bonds is 2. The highest BCUT2D eigenvalue weighted by molar-refractivity contribution is 5.85. The maximum absolute atomic E-state index is 12.1. The summed E-state index contributed by atoms with van der Waals surface area (Å²) in [5, 5.41) is 6.61. The van der Waals surface area contributed by atoms with Crippen LogP contribution in [0.25, 0.3) is 0 Å². The zero-order valence-electron chi connectivity index (χ0n) is 32.7. The van der Waals surface area contributed by atoms with Gasteiger partial charge in [-0.25, -0.2) is 9.59 Å². The van der Waals surface area contributed by atoms with E-state index in [2.05, 4.69) is 20.4 Å². The van der Waals surface area contributed by atoms with Gasteiger partial charge in [-0.1, -0.05) is 0 Å². The molecule has 0 saturated carbocycles. The lowest BCUT2D eigenvalue weighted by Gasteiger charge is -2.41. The summed E-state index contributed by atoms with van der Waals surface area (Å²) in [4.78, 5) is 43.0. The molecule has 296 valence electrons. The van der Waals surface area contributed by atoms with Crippen LogP contribution in [0.4, 0.5) is 9.59 Å². The van der Waals surface area contributed by atoms with Crippen LogP contribution in [-0.4, -0.2) is 179 Å². The number of carbonyl (C=O) groups excluding carboxylic acids is 3. The summed E-state index contributed by atoms with van der Waals surface area (Å²) in [7, 11) is 0. The van der Waals surface area contributed by atoms with E-state index in [1.54, 1.807) is 0 Å². The van der Waals surface area contributed by atoms with Gasteiger partial charge in [0.05, 0.1) is 46.2 Å². The maximum Gasteiger partial charge on any atom is 0.410 e. The Bertz CT molecular complexity index is 973. The molecule has 2 unspecified atom stereocenters. The van der Waals surface area contributed by atoms with Crippen molar-refractivity contribution >= 4 is 18.0 Å². The van der Waals surface area contributed by atoms with Gasteiger partial charge in [0.1, 0.15) is 11.2 Å². The van der Waals surface area contributed by atoms with Crippen molar-refractivity contribution < 1.29 is 38.1 Å². The van der Waals surface area contributed by atoms with Crippen LogP contribution in [0, 0.1) is 0 Å². The molecule has 2 N–H and O–H groups in total. The maximum atomic E-state index is 12.1. The molecule has 0 spiro atoms. The Labute approximate surface area is 307 Å². The molecule has 0 aromatic rings. The first-order valence-corrected chi connectivity index (χ1v) is 19.4. The van der Waals surface area contributed by atoms with Crippen LogP contribution in [0.3, 0.4) is 0 Å². The van der Waals surface area contributed by atoms with Crippen molar-refractivity contribution in [2.75, 3.05) is 118 Å². The Morgan fingerprint density at radius 1 is 0.627 bits per heavy atom. The Hall–Kier alpha value is -2.07. The molecule has 2 atom stereocenters. The smallest absolute Gasteiger partial charge is 0.410 e. The number of hydrogen-bond acceptors (Lipinski definition) is 12. The summed E-state index contributed by atoms with van der Waals surface area (Å²) in [5.41, 5.74) is -0.902. The monoisotopic (exact) mass is 727 g/mol. The van der Waals surface area contributed by atoms with Crippen LogP contribution in [0.5, 0.6) is 0 Å². The average molecular weight is 727 g/mol. The molecule has 14 nitrogen and oxygen atoms in total. The van der Waals surface area contributed by atoms with Crippen molar-refractivity contribution in [2.24, 2.45) is 0 Å². The first kappa shape index (κ1) is 43.3. The van der Waals surface area contributed by atoms with E-state index in [0.29, 0.717) is 19.0 Å². The number of hydrogen-bond donors (Lipinski definition) is 2. The highest BCUT2D eigenvalue weighted by Crippen LogP contribution is 2.20. The number of ketones is 1. The average Bonchev–Trinajstić information content (AvgIpc) is 3.13. The number of carbonyl (C=O) groups is 3. The highest BCUT2D eigenvalue weighted by atomic mass is 16.6. The van der Waals surface area contributed by atoms with E-state index in [1.807, 2.05) is 46.4 Å². The zero-order valence-corrected chi connectivity index (χ0v) is 32.7. The van der Waals surface area contributed by atoms with Crippen LogP contribution >= 0.6 is 0 Å². The minimum atomic E-state index is -0.489. The second kappa shape index (κ2) is 22.9. The van der Waals surface area contributed by atoms with E-state index in [0.717, 1.165) is 111 Å². The van der Waals surface area contributed by atoms with Gasteiger partial charge in [0.15, 0.2) is 5.78 Å². The second-order valence-corrected chi connectivity index (χ2v) is 15.9. The SMILES string of the molecule is C1CNCC(N2CCOCC2)C1.C1COCCN1.CC(C)(C)OC(=O)N1CCCC(=O)C1.CC(C)(C)OC(=O)N1CCCC(N2CCOCC2)C1. The van der Waals surface area contributed by atoms with Crippen molar-refractivity contribution in [3.63, 3.8) is 0 Å². The molecule has 6 aliphatic heterocycles. The topological polar surface area (TPSA) is 134 Å². The van der Waals surface area contributed by atoms with E-state index >= 15 is 0 Å². The van der Waals surface area contributed by atoms with E-state index in [4.69, 9.17) is 23.7 Å². The van der Waals surface area contributed by atoms with Gasteiger partial charge in [-0.05, 0) is 80.2 Å². The fourth-order valence-corrected chi connectivity index (χ4v) is 6.61. The summed E-state index contributed by atoms with van der Waals surface area (Å²) in [6, 6.07) is 1.24. The third-order valence-electron chi connectivity index (χ3n) is 9.19. The molecule has 6 heterocycles. The van der Waals surface area contributed by atoms with E-state index in [-0.39, 0.29) is 24.5 Å². The molecule has 0 bridgehead atoms. The summed E-state index contributed by atoms with van der Waals surface area (Å²) in [6.45, 7) is 27.5. The molecule has 6 rings (SSSR count). The quantitative estimate of drug-likeness (QED) is 0.434. The predicted molar refractivity (Wildman–Crippen MR) is 197 cm³/mol. The first-order chi connectivity index (χ1) is 24.3. The largest absolute Gasteiger partial charge is 0.444 e. The Morgan fingerprint density at radius 2 is 1.14 bits per heavy atom. The Morgan fingerprint density at radius 3 is 1.61 bits per heavy atom. The van der Waals surface area contributed by atoms with Crippen molar-refractivity contribution in [1.82, 2.24) is 30.2 Å². The molecule has 14 heteroatoms. The summed E-state index contributed by atoms with van der Waals surface area (Å²) in [6.07, 6.45) is 5.70. The van der Waals surface area contributed by atoms with E-state index in [9.17, 15) is 14.4 Å². The standard InChI is InChI=1S/C14H26N2O3.C10H17NO3.C9H18N2O.C4H9NO/c1-14(2,3)19-13(17)16-6-4-5-12(11-16)15-7-9-18-10-8-15;1-10(2,3)14-9(13)11-6-4-5-8(12)7-11;1-2-9(8-10-3-1)11-4-6-12-7-5-11;1-3-6-4-2-5-1/h12H,4-11H2,1-3H3;4-7H2,1-3H3;9-10H,1-8H2;5H,1-4H2. The Kier molecular flexibility index (Phi) is 19.4. The third-order valence-corrected chi connectivity index (χ3v) is 9.19. The molecule has 51 heavy (non-hydrogen) atoms. The molecule has 0 radical (unpaired) electrons. The minimum absolute atomic E-state index is 0.113. The molecule has 6 aliphatic rings. The van der Waals surface area contributed by atoms with Crippen LogP contribution in [-0.2, 0) is 28.5 Å². The van der Waals surface area contributed by atoms with Crippen LogP contribution in [0.15, 0.2) is 0 Å². The van der Waals surface area contributed by atoms with Crippen LogP contribution in [0.1, 0.15) is 80.1 Å². The number of piperidine rings is 3. The minimum Gasteiger partial charge on any atom is -0.444 e. The fraction of sp³-hybridized carbons (Fsp3) is 0.919. The number of nitrogens with zero attached hydrogens (tertiary/aromatic N) is 4. The number of Topliss-reactive ketones (excluding diaryl/α,β-unsaturated/α-hetero) is 1. The second-order valence-electron chi connectivity index (χ2n) is 15.9. The van der Waals surface area contributed by atoms with Gasteiger partial charge in [0, 0.05) is 84.0 Å². The lowest BCUT2D eigenvalue weighted by Crippen LogP contribution is -2.53. The molecule has 0 aliphatic carbocycles. The summed E-state index contributed by atoms with van der Waals surface area (Å²) in [5.74, 6) is 0.113. The fourth-order valence-electron chi connectivity index (χ4n) is 6.61. The lowest BCUT2D eigenvalue weighted by molar-refractivity contribution is -0.122. The van der Waals surface area contributed by atoms with E-state index < -0.39 is 11.2 Å². The molecule has 6 fully saturated rings. The van der Waals surface area contributed by atoms with Crippen LogP contribution < -0.4 is 10.6 Å². The highest BCUT2D eigenvalue weighted by Gasteiger charge is 2.31. The molecular formula is C37H70N6O8. The normalized spacial score (nSPS) is 25.5. The van der Waals surface area contributed by atoms with Gasteiger partial charge in [-0.2, -0.15) is 0 Å². The summed E-state index contributed by atoms with van der Waals surface area (Å²) >= 11 is 0. The van der Waals surface area contributed by atoms with Crippen molar-refractivity contribution in [3.05, 3.63) is 0 Å². The van der Waals surface area contributed by atoms with Gasteiger partial charge in [-0.3, -0.25) is 14.6 Å². The molecule has 2 amide bonds. The van der Waals surface area contributed by atoms with Gasteiger partial charge in [-0.15, -0.1) is 0 Å². The number of amides is 2. The van der Waals surface area contributed by atoms with Gasteiger partial charge < -0.3 is 44.1 Å². The van der Waals surface area contributed by atoms with Crippen molar-refractivity contribution in [1.29, 1.82) is 0 Å². The lowest BCUT2D eigenvalue weighted by atomic mass is 10.0. The summed E-state index contributed by atoms with van der Waals surface area (Å²) < 4.78 is 26.3. The number of nitrogens with one attached hydrogen (secondary N) is 2. The predicted octanol–water partition coefficient (Wildman–Crippen LogP) is 2.98. The van der Waals surface area contributed by atoms with Gasteiger partial charge in [0.2, 0.25) is 0 Å². The molecule has 0 aromatic heterocycles. The van der Waals surface area contributed by atoms with Crippen LogP contribution in [0.2, 0.25) is 0 Å². The Balaban J connectivity index is 0.000000195. The number of likely N-dealkylation sites (tertiary alicyclic amines) is 2. The molecular weight excluding hydrogens is 656 g/mol. The van der Waals surface area contributed by atoms with Crippen molar-refractivity contribution in [2.45, 2.75) is 103 Å². The zero-order chi connectivity index (χ0) is 37.1. The number of ether oxygens (including phenoxy) is 5. The molecule has 0 aromatic carbocycles. The number of morpholine rings is 3. The first-order valence-electron chi connectivity index (χ1n) is 19.4.